The molecular weight excluding hydrogens is 450 g/mol. The van der Waals surface area contributed by atoms with Crippen LogP contribution in [0.4, 0.5) is 8.78 Å². The molecule has 2 amide bonds. The summed E-state index contributed by atoms with van der Waals surface area (Å²) < 4.78 is 35.7. The Balaban J connectivity index is 1.21. The Morgan fingerprint density at radius 3 is 2.64 bits per heavy atom. The van der Waals surface area contributed by atoms with Crippen molar-refractivity contribution in [3.63, 3.8) is 0 Å². The highest BCUT2D eigenvalue weighted by Gasteiger charge is 2.58. The zero-order valence-electron chi connectivity index (χ0n) is 18.0. The molecule has 10 heteroatoms. The number of hydrogen-bond acceptors (Lipinski definition) is 5. The first kappa shape index (κ1) is 20.7. The molecule has 3 aliphatic heterocycles. The number of imidazole rings is 1. The number of ether oxygens (including phenoxy) is 1. The maximum atomic E-state index is 13.8. The van der Waals surface area contributed by atoms with E-state index in [0.29, 0.717) is 55.7 Å². The summed E-state index contributed by atoms with van der Waals surface area (Å²) in [6, 6.07) is 3.00. The molecule has 6 rings (SSSR count). The van der Waals surface area contributed by atoms with Crippen molar-refractivity contribution in [3.8, 4) is 0 Å². The SMILES string of the molecule is Cc1nc2sccn2c1C(=O)N1CCC2(CC1)O[C@@H]1CC[C@@H](c3cc(F)cc(F)c3)N1C2=O. The summed E-state index contributed by atoms with van der Waals surface area (Å²) in [5.41, 5.74) is 0.698. The van der Waals surface area contributed by atoms with Crippen molar-refractivity contribution in [2.24, 2.45) is 0 Å². The fourth-order valence-corrected chi connectivity index (χ4v) is 6.27. The van der Waals surface area contributed by atoms with E-state index in [-0.39, 0.29) is 11.8 Å². The third-order valence-corrected chi connectivity index (χ3v) is 7.84. The molecule has 5 heterocycles. The first-order chi connectivity index (χ1) is 15.9. The average molecular weight is 473 g/mol. The quantitative estimate of drug-likeness (QED) is 0.571. The highest BCUT2D eigenvalue weighted by molar-refractivity contribution is 7.15. The topological polar surface area (TPSA) is 67.2 Å². The van der Waals surface area contributed by atoms with Gasteiger partial charge in [0.15, 0.2) is 10.6 Å². The van der Waals surface area contributed by atoms with Crippen LogP contribution in [0, 0.1) is 18.6 Å². The molecule has 3 aromatic rings. The van der Waals surface area contributed by atoms with Crippen molar-refractivity contribution in [2.45, 2.75) is 50.5 Å². The number of aryl methyl sites for hydroxylation is 1. The second-order valence-electron chi connectivity index (χ2n) is 8.97. The molecule has 3 saturated heterocycles. The fraction of sp³-hybridized carbons (Fsp3) is 0.435. The number of carbonyl (C=O) groups is 2. The predicted octanol–water partition coefficient (Wildman–Crippen LogP) is 3.68. The molecule has 2 aromatic heterocycles. The van der Waals surface area contributed by atoms with Crippen LogP contribution in [0.1, 0.15) is 53.5 Å². The number of rotatable bonds is 2. The molecule has 0 unspecified atom stereocenters. The fourth-order valence-electron chi connectivity index (χ4n) is 5.51. The number of hydrogen-bond donors (Lipinski definition) is 0. The Morgan fingerprint density at radius 2 is 1.91 bits per heavy atom. The molecule has 1 spiro atoms. The van der Waals surface area contributed by atoms with Gasteiger partial charge < -0.3 is 14.5 Å². The Hall–Kier alpha value is -2.85. The molecular formula is C23H22F2N4O3S. The lowest BCUT2D eigenvalue weighted by atomic mass is 9.89. The maximum Gasteiger partial charge on any atom is 0.272 e. The van der Waals surface area contributed by atoms with E-state index in [0.717, 1.165) is 11.0 Å². The smallest absolute Gasteiger partial charge is 0.272 e. The molecule has 0 aliphatic carbocycles. The van der Waals surface area contributed by atoms with E-state index in [2.05, 4.69) is 4.98 Å². The van der Waals surface area contributed by atoms with E-state index < -0.39 is 29.5 Å². The van der Waals surface area contributed by atoms with Gasteiger partial charge in [-0.3, -0.25) is 14.0 Å². The lowest BCUT2D eigenvalue weighted by molar-refractivity contribution is -0.142. The van der Waals surface area contributed by atoms with Gasteiger partial charge in [0.1, 0.15) is 23.6 Å². The summed E-state index contributed by atoms with van der Waals surface area (Å²) in [6.45, 7) is 2.61. The third-order valence-electron chi connectivity index (χ3n) is 7.09. The third kappa shape index (κ3) is 3.11. The first-order valence-electron chi connectivity index (χ1n) is 11.0. The van der Waals surface area contributed by atoms with Crippen molar-refractivity contribution >= 4 is 28.1 Å². The van der Waals surface area contributed by atoms with Crippen LogP contribution in [0.15, 0.2) is 29.8 Å². The number of likely N-dealkylation sites (tertiary alicyclic amines) is 1. The average Bonchev–Trinajstić information content (AvgIpc) is 3.51. The second kappa shape index (κ2) is 7.33. The molecule has 0 N–H and O–H groups in total. The molecule has 3 aliphatic rings. The highest BCUT2D eigenvalue weighted by Crippen LogP contribution is 2.47. The van der Waals surface area contributed by atoms with Crippen LogP contribution >= 0.6 is 11.3 Å². The Labute approximate surface area is 192 Å². The van der Waals surface area contributed by atoms with Crippen molar-refractivity contribution in [3.05, 3.63) is 58.4 Å². The molecule has 1 aromatic carbocycles. The number of thiazole rings is 1. The van der Waals surface area contributed by atoms with E-state index in [1.807, 2.05) is 22.9 Å². The number of halogens is 2. The Morgan fingerprint density at radius 1 is 1.18 bits per heavy atom. The van der Waals surface area contributed by atoms with E-state index in [4.69, 9.17) is 4.74 Å². The lowest BCUT2D eigenvalue weighted by Crippen LogP contribution is -2.51. The van der Waals surface area contributed by atoms with E-state index in [1.54, 1.807) is 9.80 Å². The summed E-state index contributed by atoms with van der Waals surface area (Å²) >= 11 is 1.48. The van der Waals surface area contributed by atoms with Crippen LogP contribution in [-0.4, -0.2) is 55.9 Å². The number of aromatic nitrogens is 2. The minimum atomic E-state index is -0.990. The standard InChI is InChI=1S/C23H22F2N4O3S/c1-13-19(28-8-9-33-22(28)26-13)20(30)27-6-4-23(5-7-27)21(31)29-17(2-3-18(29)32-23)14-10-15(24)12-16(25)11-14/h8-12,17-18H,2-7H2,1H3/t17-,18+/m0/s1. The summed E-state index contributed by atoms with van der Waals surface area (Å²) in [4.78, 5) is 35.4. The van der Waals surface area contributed by atoms with Crippen molar-refractivity contribution in [1.29, 1.82) is 0 Å². The predicted molar refractivity (Wildman–Crippen MR) is 116 cm³/mol. The molecule has 0 radical (unpaired) electrons. The molecule has 7 nitrogen and oxygen atoms in total. The number of benzene rings is 1. The molecule has 2 atom stereocenters. The van der Waals surface area contributed by atoms with Gasteiger partial charge in [-0.05, 0) is 37.5 Å². The number of piperidine rings is 1. The van der Waals surface area contributed by atoms with Gasteiger partial charge in [0, 0.05) is 43.6 Å². The summed E-state index contributed by atoms with van der Waals surface area (Å²) in [5.74, 6) is -1.56. The normalized spacial score (nSPS) is 24.3. The van der Waals surface area contributed by atoms with Crippen LogP contribution in [0.2, 0.25) is 0 Å². The molecule has 3 fully saturated rings. The van der Waals surface area contributed by atoms with Gasteiger partial charge in [-0.15, -0.1) is 11.3 Å². The van der Waals surface area contributed by atoms with E-state index in [1.165, 1.54) is 23.5 Å². The van der Waals surface area contributed by atoms with Crippen LogP contribution in [-0.2, 0) is 9.53 Å². The highest BCUT2D eigenvalue weighted by atomic mass is 32.1. The lowest BCUT2D eigenvalue weighted by Gasteiger charge is -2.37. The van der Waals surface area contributed by atoms with Crippen LogP contribution in [0.3, 0.4) is 0 Å². The summed E-state index contributed by atoms with van der Waals surface area (Å²) in [6.07, 6.45) is 3.42. The second-order valence-corrected chi connectivity index (χ2v) is 9.84. The van der Waals surface area contributed by atoms with Crippen molar-refractivity contribution < 1.29 is 23.1 Å². The van der Waals surface area contributed by atoms with Gasteiger partial charge in [0.25, 0.3) is 11.8 Å². The molecule has 33 heavy (non-hydrogen) atoms. The molecule has 172 valence electrons. The van der Waals surface area contributed by atoms with E-state index >= 15 is 0 Å². The van der Waals surface area contributed by atoms with Gasteiger partial charge >= 0.3 is 0 Å². The molecule has 0 saturated carbocycles. The largest absolute Gasteiger partial charge is 0.342 e. The van der Waals surface area contributed by atoms with Crippen LogP contribution < -0.4 is 0 Å². The van der Waals surface area contributed by atoms with Crippen molar-refractivity contribution in [2.75, 3.05) is 13.1 Å². The summed E-state index contributed by atoms with van der Waals surface area (Å²) in [5, 5.41) is 1.89. The van der Waals surface area contributed by atoms with Gasteiger partial charge in [0.05, 0.1) is 11.7 Å². The Kier molecular flexibility index (Phi) is 4.60. The van der Waals surface area contributed by atoms with Crippen LogP contribution in [0.25, 0.3) is 4.96 Å². The van der Waals surface area contributed by atoms with Crippen LogP contribution in [0.5, 0.6) is 0 Å². The number of carbonyl (C=O) groups excluding carboxylic acids is 2. The minimum absolute atomic E-state index is 0.104. The minimum Gasteiger partial charge on any atom is -0.342 e. The zero-order valence-corrected chi connectivity index (χ0v) is 18.8. The number of fused-ring (bicyclic) bond motifs is 2. The monoisotopic (exact) mass is 472 g/mol. The van der Waals surface area contributed by atoms with Gasteiger partial charge in [-0.25, -0.2) is 13.8 Å². The number of amides is 2. The van der Waals surface area contributed by atoms with E-state index in [9.17, 15) is 18.4 Å². The maximum absolute atomic E-state index is 13.8. The van der Waals surface area contributed by atoms with Gasteiger partial charge in [-0.2, -0.15) is 0 Å². The van der Waals surface area contributed by atoms with Gasteiger partial charge in [0.2, 0.25) is 0 Å². The van der Waals surface area contributed by atoms with Crippen molar-refractivity contribution in [1.82, 2.24) is 19.2 Å². The molecule has 0 bridgehead atoms. The zero-order chi connectivity index (χ0) is 22.9. The van der Waals surface area contributed by atoms with Gasteiger partial charge in [-0.1, -0.05) is 0 Å². The Bertz CT molecular complexity index is 1260. The summed E-state index contributed by atoms with van der Waals surface area (Å²) in [7, 11) is 0. The number of nitrogens with zero attached hydrogens (tertiary/aromatic N) is 4. The first-order valence-corrected chi connectivity index (χ1v) is 11.9.